The van der Waals surface area contributed by atoms with E-state index >= 15 is 0 Å². The van der Waals surface area contributed by atoms with E-state index in [1.165, 1.54) is 0 Å². The summed E-state index contributed by atoms with van der Waals surface area (Å²) >= 11 is 6.03. The number of rotatable bonds is 4. The highest BCUT2D eigenvalue weighted by Crippen LogP contribution is 2.55. The van der Waals surface area contributed by atoms with E-state index in [0.717, 1.165) is 11.1 Å². The fourth-order valence-electron chi connectivity index (χ4n) is 3.19. The third-order valence-corrected chi connectivity index (χ3v) is 7.09. The van der Waals surface area contributed by atoms with Gasteiger partial charge in [-0.15, -0.1) is 0 Å². The van der Waals surface area contributed by atoms with Gasteiger partial charge >= 0.3 is 0 Å². The number of hydrogen-bond donors (Lipinski definition) is 2. The van der Waals surface area contributed by atoms with Crippen molar-refractivity contribution in [3.8, 4) is 0 Å². The summed E-state index contributed by atoms with van der Waals surface area (Å²) in [6.45, 7) is 2.01. The predicted octanol–water partition coefficient (Wildman–Crippen LogP) is 2.24. The van der Waals surface area contributed by atoms with Crippen LogP contribution < -0.4 is 11.5 Å². The first-order valence-corrected chi connectivity index (χ1v) is 9.28. The van der Waals surface area contributed by atoms with Crippen molar-refractivity contribution < 1.29 is 8.42 Å². The van der Waals surface area contributed by atoms with Gasteiger partial charge < -0.3 is 11.5 Å². The molecule has 2 aromatic rings. The van der Waals surface area contributed by atoms with Crippen molar-refractivity contribution in [2.24, 2.45) is 11.5 Å². The Balaban J connectivity index is 2.03. The van der Waals surface area contributed by atoms with Gasteiger partial charge in [0.1, 0.15) is 0 Å². The zero-order valence-electron chi connectivity index (χ0n) is 12.7. The highest BCUT2D eigenvalue weighted by Gasteiger charge is 2.68. The first-order valence-electron chi connectivity index (χ1n) is 7.35. The first kappa shape index (κ1) is 16.5. The van der Waals surface area contributed by atoms with Crippen molar-refractivity contribution >= 4 is 21.4 Å². The van der Waals surface area contributed by atoms with Gasteiger partial charge in [0.05, 0.1) is 15.7 Å². The lowest BCUT2D eigenvalue weighted by Crippen LogP contribution is -2.39. The topological polar surface area (TPSA) is 86.2 Å². The van der Waals surface area contributed by atoms with Crippen LogP contribution in [0.2, 0.25) is 5.02 Å². The summed E-state index contributed by atoms with van der Waals surface area (Å²) in [5, 5.41) is -0.179. The molecule has 0 unspecified atom stereocenters. The average Bonchev–Trinajstić information content (AvgIpc) is 3.15. The molecule has 2 aromatic carbocycles. The zero-order chi connectivity index (χ0) is 16.8. The van der Waals surface area contributed by atoms with E-state index in [-0.39, 0.29) is 17.4 Å². The molecule has 0 aromatic heterocycles. The van der Waals surface area contributed by atoms with Crippen molar-refractivity contribution in [3.05, 3.63) is 64.7 Å². The fraction of sp³-hybridized carbons (Fsp3) is 0.294. The monoisotopic (exact) mass is 350 g/mol. The fourth-order valence-corrected chi connectivity index (χ4v) is 5.71. The predicted molar refractivity (Wildman–Crippen MR) is 92.3 cm³/mol. The van der Waals surface area contributed by atoms with Gasteiger partial charge in [0.25, 0.3) is 0 Å². The maximum absolute atomic E-state index is 13.0. The van der Waals surface area contributed by atoms with Gasteiger partial charge in [-0.1, -0.05) is 41.4 Å². The van der Waals surface area contributed by atoms with Crippen LogP contribution in [0.5, 0.6) is 0 Å². The molecule has 1 aliphatic rings. The summed E-state index contributed by atoms with van der Waals surface area (Å²) in [4.78, 5) is 0.279. The summed E-state index contributed by atoms with van der Waals surface area (Å²) in [5.74, 6) is -0.350. The van der Waals surface area contributed by atoms with E-state index in [2.05, 4.69) is 0 Å². The number of halogens is 1. The Kier molecular flexibility index (Phi) is 4.01. The molecule has 0 radical (unpaired) electrons. The Morgan fingerprint density at radius 2 is 1.83 bits per heavy atom. The minimum absolute atomic E-state index is 0.0972. The van der Waals surface area contributed by atoms with Gasteiger partial charge in [-0.05, 0) is 36.8 Å². The summed E-state index contributed by atoms with van der Waals surface area (Å²) in [7, 11) is -3.56. The molecule has 3 rings (SSSR count). The molecule has 1 fully saturated rings. The highest BCUT2D eigenvalue weighted by molar-refractivity contribution is 7.92. The SMILES string of the molecule is Cc1ccc(S(=O)(=O)[C@H]2[C@@H](c3cccc(Cl)c3)[C@@]2(N)CN)cc1. The van der Waals surface area contributed by atoms with Crippen LogP contribution in [-0.4, -0.2) is 25.8 Å². The van der Waals surface area contributed by atoms with Crippen molar-refractivity contribution in [1.82, 2.24) is 0 Å². The van der Waals surface area contributed by atoms with Gasteiger partial charge in [0.15, 0.2) is 9.84 Å². The summed E-state index contributed by atoms with van der Waals surface area (Å²) < 4.78 is 26.0. The lowest BCUT2D eigenvalue weighted by molar-refractivity contribution is 0.586. The van der Waals surface area contributed by atoms with E-state index in [1.807, 2.05) is 13.0 Å². The van der Waals surface area contributed by atoms with Crippen LogP contribution in [0.3, 0.4) is 0 Å². The quantitative estimate of drug-likeness (QED) is 0.885. The maximum atomic E-state index is 13.0. The summed E-state index contributed by atoms with van der Waals surface area (Å²) in [5.41, 5.74) is 13.0. The summed E-state index contributed by atoms with van der Waals surface area (Å²) in [6.07, 6.45) is 0. The lowest BCUT2D eigenvalue weighted by Gasteiger charge is -2.09. The Labute approximate surface area is 141 Å². The lowest BCUT2D eigenvalue weighted by atomic mass is 10.1. The van der Waals surface area contributed by atoms with Crippen LogP contribution in [0.15, 0.2) is 53.4 Å². The van der Waals surface area contributed by atoms with Gasteiger partial charge in [-0.25, -0.2) is 8.42 Å². The first-order chi connectivity index (χ1) is 10.8. The molecule has 0 bridgehead atoms. The Morgan fingerprint density at radius 3 is 2.39 bits per heavy atom. The molecule has 0 heterocycles. The van der Waals surface area contributed by atoms with Crippen LogP contribution >= 0.6 is 11.6 Å². The molecule has 3 atom stereocenters. The normalized spacial score (nSPS) is 27.0. The van der Waals surface area contributed by atoms with E-state index in [1.54, 1.807) is 42.5 Å². The summed E-state index contributed by atoms with van der Waals surface area (Å²) in [6, 6.07) is 13.9. The Morgan fingerprint density at radius 1 is 1.17 bits per heavy atom. The molecule has 23 heavy (non-hydrogen) atoms. The molecule has 4 N–H and O–H groups in total. The van der Waals surface area contributed by atoms with Gasteiger partial charge in [0, 0.05) is 17.5 Å². The third-order valence-electron chi connectivity index (χ3n) is 4.55. The van der Waals surface area contributed by atoms with Crippen molar-refractivity contribution in [2.75, 3.05) is 6.54 Å². The van der Waals surface area contributed by atoms with Crippen LogP contribution in [0, 0.1) is 6.92 Å². The molecule has 0 saturated heterocycles. The molecule has 6 heteroatoms. The molecule has 0 spiro atoms. The van der Waals surface area contributed by atoms with E-state index in [9.17, 15) is 8.42 Å². The molecule has 0 aliphatic heterocycles. The molecule has 122 valence electrons. The second-order valence-electron chi connectivity index (χ2n) is 6.13. The minimum atomic E-state index is -3.56. The van der Waals surface area contributed by atoms with Crippen molar-refractivity contribution in [1.29, 1.82) is 0 Å². The minimum Gasteiger partial charge on any atom is -0.329 e. The number of benzene rings is 2. The largest absolute Gasteiger partial charge is 0.329 e. The molecule has 4 nitrogen and oxygen atoms in total. The molecular weight excluding hydrogens is 332 g/mol. The van der Waals surface area contributed by atoms with Gasteiger partial charge in [-0.3, -0.25) is 0 Å². The zero-order valence-corrected chi connectivity index (χ0v) is 14.3. The number of sulfone groups is 1. The molecular formula is C17H19ClN2O2S. The maximum Gasteiger partial charge on any atom is 0.183 e. The van der Waals surface area contributed by atoms with Crippen molar-refractivity contribution in [2.45, 2.75) is 28.5 Å². The second kappa shape index (κ2) is 5.60. The van der Waals surface area contributed by atoms with E-state index in [0.29, 0.717) is 5.02 Å². The van der Waals surface area contributed by atoms with Gasteiger partial charge in [-0.2, -0.15) is 0 Å². The van der Waals surface area contributed by atoms with Crippen LogP contribution in [0.25, 0.3) is 0 Å². The standard InChI is InChI=1S/C17H19ClN2O2S/c1-11-5-7-14(8-6-11)23(21,22)16-15(17(16,20)10-19)12-3-2-4-13(18)9-12/h2-9,15-16H,10,19-20H2,1H3/t15-,16+,17+/m1/s1. The smallest absolute Gasteiger partial charge is 0.183 e. The van der Waals surface area contributed by atoms with E-state index < -0.39 is 20.6 Å². The molecule has 1 saturated carbocycles. The average molecular weight is 351 g/mol. The Hall–Kier alpha value is -1.40. The highest BCUT2D eigenvalue weighted by atomic mass is 35.5. The van der Waals surface area contributed by atoms with Crippen molar-refractivity contribution in [3.63, 3.8) is 0 Å². The second-order valence-corrected chi connectivity index (χ2v) is 8.63. The van der Waals surface area contributed by atoms with Crippen LogP contribution in [0.4, 0.5) is 0 Å². The van der Waals surface area contributed by atoms with E-state index in [4.69, 9.17) is 23.1 Å². The Bertz CT molecular complexity index is 836. The molecule has 0 amide bonds. The number of hydrogen-bond acceptors (Lipinski definition) is 4. The van der Waals surface area contributed by atoms with Crippen LogP contribution in [-0.2, 0) is 9.84 Å². The van der Waals surface area contributed by atoms with Crippen LogP contribution in [0.1, 0.15) is 17.0 Å². The van der Waals surface area contributed by atoms with Gasteiger partial charge in [0.2, 0.25) is 0 Å². The number of nitrogens with two attached hydrogens (primary N) is 2. The third kappa shape index (κ3) is 2.68. The number of aryl methyl sites for hydroxylation is 1. The molecule has 1 aliphatic carbocycles.